The monoisotopic (exact) mass is 447 g/mol. The largest absolute Gasteiger partial charge is 0.338 e. The highest BCUT2D eigenvalue weighted by atomic mass is 35.5. The maximum absolute atomic E-state index is 12.6. The summed E-state index contributed by atoms with van der Waals surface area (Å²) in [6, 6.07) is 18.2. The van der Waals surface area contributed by atoms with E-state index in [9.17, 15) is 4.79 Å². The van der Waals surface area contributed by atoms with E-state index in [1.165, 1.54) is 5.56 Å². The van der Waals surface area contributed by atoms with E-state index >= 15 is 0 Å². The summed E-state index contributed by atoms with van der Waals surface area (Å²) in [6.45, 7) is 4.71. The molecule has 1 spiro atoms. The summed E-state index contributed by atoms with van der Waals surface area (Å²) in [5, 5.41) is 0.734. The van der Waals surface area contributed by atoms with E-state index < -0.39 is 0 Å². The number of hydrogen-bond acceptors (Lipinski definition) is 3. The Hall–Kier alpha value is -1.59. The first-order valence-electron chi connectivity index (χ1n) is 10.6. The van der Waals surface area contributed by atoms with Crippen LogP contribution in [0.15, 0.2) is 54.6 Å². The second-order valence-corrected chi connectivity index (χ2v) is 9.14. The van der Waals surface area contributed by atoms with Crippen LogP contribution in [0.5, 0.6) is 0 Å². The van der Waals surface area contributed by atoms with Crippen LogP contribution in [-0.4, -0.2) is 41.9 Å². The van der Waals surface area contributed by atoms with Gasteiger partial charge in [-0.05, 0) is 67.6 Å². The van der Waals surface area contributed by atoms with Gasteiger partial charge in [0.25, 0.3) is 0 Å². The molecule has 0 saturated carbocycles. The highest BCUT2D eigenvalue weighted by molar-refractivity contribution is 6.30. The van der Waals surface area contributed by atoms with Crippen LogP contribution >= 0.6 is 24.0 Å². The number of piperidine rings is 1. The lowest BCUT2D eigenvalue weighted by molar-refractivity contribution is -0.128. The van der Waals surface area contributed by atoms with Gasteiger partial charge in [0, 0.05) is 30.6 Å². The fraction of sp³-hybridized carbons (Fsp3) is 0.458. The number of amides is 1. The van der Waals surface area contributed by atoms with Gasteiger partial charge in [0.2, 0.25) is 5.91 Å². The molecule has 4 rings (SSSR count). The molecule has 2 aliphatic rings. The van der Waals surface area contributed by atoms with Crippen LogP contribution in [0.3, 0.4) is 0 Å². The van der Waals surface area contributed by atoms with Crippen LogP contribution in [-0.2, 0) is 11.3 Å². The lowest BCUT2D eigenvalue weighted by Gasteiger charge is -2.39. The van der Waals surface area contributed by atoms with Gasteiger partial charge >= 0.3 is 0 Å². The van der Waals surface area contributed by atoms with Gasteiger partial charge in [-0.15, -0.1) is 12.4 Å². The third kappa shape index (κ3) is 5.55. The molecule has 0 aliphatic carbocycles. The number of nitrogens with zero attached hydrogens (tertiary/aromatic N) is 2. The number of rotatable bonds is 6. The van der Waals surface area contributed by atoms with E-state index in [1.807, 2.05) is 47.4 Å². The summed E-state index contributed by atoms with van der Waals surface area (Å²) >= 11 is 5.97. The molecule has 2 aliphatic heterocycles. The normalized spacial score (nSPS) is 19.7. The fourth-order valence-electron chi connectivity index (χ4n) is 4.71. The Morgan fingerprint density at radius 3 is 2.37 bits per heavy atom. The lowest BCUT2D eigenvalue weighted by Crippen LogP contribution is -2.42. The summed E-state index contributed by atoms with van der Waals surface area (Å²) in [5.74, 6) is 0.291. The Morgan fingerprint density at radius 1 is 1.03 bits per heavy atom. The summed E-state index contributed by atoms with van der Waals surface area (Å²) in [7, 11) is 0. The molecule has 6 heteroatoms. The third-order valence-electron chi connectivity index (χ3n) is 6.59. The predicted octanol–water partition coefficient (Wildman–Crippen LogP) is 4.67. The van der Waals surface area contributed by atoms with E-state index in [-0.39, 0.29) is 23.9 Å². The van der Waals surface area contributed by atoms with E-state index in [0.29, 0.717) is 18.9 Å². The summed E-state index contributed by atoms with van der Waals surface area (Å²) in [4.78, 5) is 17.2. The van der Waals surface area contributed by atoms with E-state index in [0.717, 1.165) is 56.0 Å². The summed E-state index contributed by atoms with van der Waals surface area (Å²) in [6.07, 6.45) is 3.85. The molecule has 2 aromatic rings. The van der Waals surface area contributed by atoms with E-state index in [1.54, 1.807) is 0 Å². The lowest BCUT2D eigenvalue weighted by atomic mass is 9.77. The van der Waals surface area contributed by atoms with Crippen molar-refractivity contribution in [2.24, 2.45) is 11.1 Å². The molecular weight excluding hydrogens is 417 g/mol. The molecule has 2 saturated heterocycles. The van der Waals surface area contributed by atoms with Gasteiger partial charge in [-0.25, -0.2) is 0 Å². The molecule has 1 amide bonds. The van der Waals surface area contributed by atoms with E-state index in [4.69, 9.17) is 17.3 Å². The highest BCUT2D eigenvalue weighted by Crippen LogP contribution is 2.41. The number of carbonyl (C=O) groups excluding carboxylic acids is 1. The SMILES string of the molecule is Cl.N[C@@H](CCN1CCC2(CC1)CC(=O)N(Cc1ccc(Cl)cc1)C2)c1ccccc1. The van der Waals surface area contributed by atoms with Crippen molar-refractivity contribution in [2.45, 2.75) is 38.3 Å². The van der Waals surface area contributed by atoms with Gasteiger partial charge in [-0.1, -0.05) is 54.1 Å². The number of nitrogens with two attached hydrogens (primary N) is 1. The number of benzene rings is 2. The number of carbonyl (C=O) groups is 1. The van der Waals surface area contributed by atoms with Gasteiger partial charge in [0.05, 0.1) is 0 Å². The van der Waals surface area contributed by atoms with Crippen molar-refractivity contribution >= 4 is 29.9 Å². The molecule has 0 unspecified atom stereocenters. The first-order valence-corrected chi connectivity index (χ1v) is 11.0. The van der Waals surface area contributed by atoms with Gasteiger partial charge in [0.1, 0.15) is 0 Å². The molecule has 1 atom stereocenters. The number of likely N-dealkylation sites (tertiary alicyclic amines) is 2. The zero-order valence-electron chi connectivity index (χ0n) is 17.3. The molecule has 2 heterocycles. The standard InChI is InChI=1S/C24H30ClN3O.ClH/c25-21-8-6-19(7-9-21)17-28-18-24(16-23(28)29)11-14-27(15-12-24)13-10-22(26)20-4-2-1-3-5-20;/h1-9,22H,10-18,26H2;1H/t22-;/m0./s1. The van der Waals surface area contributed by atoms with Crippen molar-refractivity contribution in [1.29, 1.82) is 0 Å². The smallest absolute Gasteiger partial charge is 0.223 e. The van der Waals surface area contributed by atoms with Crippen LogP contribution in [0.4, 0.5) is 0 Å². The van der Waals surface area contributed by atoms with Crippen LogP contribution in [0.25, 0.3) is 0 Å². The molecular formula is C24H31Cl2N3O. The second-order valence-electron chi connectivity index (χ2n) is 8.70. The highest BCUT2D eigenvalue weighted by Gasteiger charge is 2.44. The Balaban J connectivity index is 0.00000256. The van der Waals surface area contributed by atoms with Crippen molar-refractivity contribution in [3.05, 3.63) is 70.7 Å². The average Bonchev–Trinajstić information content (AvgIpc) is 3.04. The van der Waals surface area contributed by atoms with Crippen molar-refractivity contribution < 1.29 is 4.79 Å². The Labute approximate surface area is 190 Å². The minimum absolute atomic E-state index is 0. The van der Waals surface area contributed by atoms with Crippen molar-refractivity contribution in [3.8, 4) is 0 Å². The Bertz CT molecular complexity index is 820. The third-order valence-corrected chi connectivity index (χ3v) is 6.84. The van der Waals surface area contributed by atoms with Crippen LogP contribution in [0.1, 0.15) is 42.9 Å². The summed E-state index contributed by atoms with van der Waals surface area (Å²) < 4.78 is 0. The van der Waals surface area contributed by atoms with Gasteiger partial charge in [-0.2, -0.15) is 0 Å². The first kappa shape index (κ1) is 23.1. The minimum atomic E-state index is 0. The topological polar surface area (TPSA) is 49.6 Å². The minimum Gasteiger partial charge on any atom is -0.338 e. The van der Waals surface area contributed by atoms with Crippen LogP contribution < -0.4 is 5.73 Å². The molecule has 0 radical (unpaired) electrons. The zero-order valence-corrected chi connectivity index (χ0v) is 18.9. The quantitative estimate of drug-likeness (QED) is 0.699. The molecule has 2 N–H and O–H groups in total. The predicted molar refractivity (Wildman–Crippen MR) is 125 cm³/mol. The molecule has 30 heavy (non-hydrogen) atoms. The molecule has 2 fully saturated rings. The Morgan fingerprint density at radius 2 is 1.70 bits per heavy atom. The van der Waals surface area contributed by atoms with Crippen LogP contribution in [0.2, 0.25) is 5.02 Å². The molecule has 0 aromatic heterocycles. The number of halogens is 2. The fourth-order valence-corrected chi connectivity index (χ4v) is 4.84. The van der Waals surface area contributed by atoms with Crippen molar-refractivity contribution in [3.63, 3.8) is 0 Å². The maximum atomic E-state index is 12.6. The maximum Gasteiger partial charge on any atom is 0.223 e. The first-order chi connectivity index (χ1) is 14.0. The van der Waals surface area contributed by atoms with Gasteiger partial charge in [-0.3, -0.25) is 4.79 Å². The zero-order chi connectivity index (χ0) is 20.3. The summed E-state index contributed by atoms with van der Waals surface area (Å²) in [5.41, 5.74) is 8.87. The molecule has 162 valence electrons. The number of hydrogen-bond donors (Lipinski definition) is 1. The molecule has 0 bridgehead atoms. The van der Waals surface area contributed by atoms with Crippen molar-refractivity contribution in [2.75, 3.05) is 26.2 Å². The van der Waals surface area contributed by atoms with Gasteiger partial charge in [0.15, 0.2) is 0 Å². The second kappa shape index (κ2) is 10.1. The Kier molecular flexibility index (Phi) is 7.81. The average molecular weight is 448 g/mol. The van der Waals surface area contributed by atoms with Crippen molar-refractivity contribution in [1.82, 2.24) is 9.80 Å². The van der Waals surface area contributed by atoms with E-state index in [2.05, 4.69) is 17.0 Å². The van der Waals surface area contributed by atoms with Gasteiger partial charge < -0.3 is 15.5 Å². The molecule has 4 nitrogen and oxygen atoms in total. The molecule has 2 aromatic carbocycles. The van der Waals surface area contributed by atoms with Crippen LogP contribution in [0, 0.1) is 5.41 Å².